The van der Waals surface area contributed by atoms with Gasteiger partial charge in [-0.25, -0.2) is 0 Å². The van der Waals surface area contributed by atoms with Crippen LogP contribution in [0.5, 0.6) is 0 Å². The van der Waals surface area contributed by atoms with E-state index in [0.717, 1.165) is 6.54 Å². The Morgan fingerprint density at radius 1 is 1.18 bits per heavy atom. The fourth-order valence-electron chi connectivity index (χ4n) is 2.74. The van der Waals surface area contributed by atoms with E-state index in [9.17, 15) is 5.11 Å². The topological polar surface area (TPSA) is 23.5 Å². The molecule has 0 bridgehead atoms. The van der Waals surface area contributed by atoms with Crippen molar-refractivity contribution in [2.75, 3.05) is 18.5 Å². The Hall–Kier alpha value is -1.02. The molecule has 1 aromatic rings. The van der Waals surface area contributed by atoms with E-state index in [1.807, 2.05) is 18.2 Å². The molecule has 0 heterocycles. The normalized spacial score (nSPS) is 18.9. The number of hydrogen-bond acceptors (Lipinski definition) is 2. The number of aliphatic hydroxyl groups is 1. The maximum absolute atomic E-state index is 10.3. The van der Waals surface area contributed by atoms with Crippen LogP contribution in [0.4, 0.5) is 5.69 Å². The lowest BCUT2D eigenvalue weighted by Crippen LogP contribution is -2.35. The molecule has 1 fully saturated rings. The highest BCUT2D eigenvalue weighted by atomic mass is 16.3. The van der Waals surface area contributed by atoms with Crippen LogP contribution in [0.2, 0.25) is 0 Å². The predicted molar refractivity (Wildman–Crippen MR) is 72.3 cm³/mol. The van der Waals surface area contributed by atoms with Crippen LogP contribution >= 0.6 is 0 Å². The second-order valence-electron chi connectivity index (χ2n) is 5.18. The van der Waals surface area contributed by atoms with Crippen LogP contribution in [0.3, 0.4) is 0 Å². The van der Waals surface area contributed by atoms with Gasteiger partial charge in [0.15, 0.2) is 0 Å². The molecule has 0 aliphatic heterocycles. The van der Waals surface area contributed by atoms with Crippen molar-refractivity contribution in [2.24, 2.45) is 5.92 Å². The van der Waals surface area contributed by atoms with Crippen LogP contribution in [-0.4, -0.2) is 24.8 Å². The zero-order chi connectivity index (χ0) is 12.1. The summed E-state index contributed by atoms with van der Waals surface area (Å²) >= 11 is 0. The van der Waals surface area contributed by atoms with E-state index < -0.39 is 0 Å². The summed E-state index contributed by atoms with van der Waals surface area (Å²) in [5, 5.41) is 10.3. The van der Waals surface area contributed by atoms with Gasteiger partial charge < -0.3 is 10.0 Å². The van der Waals surface area contributed by atoms with Gasteiger partial charge in [0.1, 0.15) is 0 Å². The van der Waals surface area contributed by atoms with Crippen molar-refractivity contribution in [3.8, 4) is 0 Å². The zero-order valence-electron chi connectivity index (χ0n) is 10.7. The Bertz CT molecular complexity index is 319. The Morgan fingerprint density at radius 3 is 2.47 bits per heavy atom. The molecule has 1 aromatic carbocycles. The van der Waals surface area contributed by atoms with E-state index in [1.54, 1.807) is 0 Å². The third-order valence-electron chi connectivity index (χ3n) is 3.85. The van der Waals surface area contributed by atoms with Crippen molar-refractivity contribution >= 4 is 5.69 Å². The molecule has 0 aromatic heterocycles. The Kier molecular flexibility index (Phi) is 4.43. The molecule has 17 heavy (non-hydrogen) atoms. The van der Waals surface area contributed by atoms with Gasteiger partial charge in [0.25, 0.3) is 0 Å². The van der Waals surface area contributed by atoms with E-state index >= 15 is 0 Å². The summed E-state index contributed by atoms with van der Waals surface area (Å²) in [5.41, 5.74) is 1.18. The van der Waals surface area contributed by atoms with E-state index in [2.05, 4.69) is 24.1 Å². The van der Waals surface area contributed by atoms with Gasteiger partial charge in [-0.1, -0.05) is 37.5 Å². The Balaban J connectivity index is 1.87. The molecule has 0 spiro atoms. The number of rotatable bonds is 4. The lowest BCUT2D eigenvalue weighted by atomic mass is 9.85. The minimum atomic E-state index is -0.180. The van der Waals surface area contributed by atoms with Gasteiger partial charge in [0.2, 0.25) is 0 Å². The molecule has 2 rings (SSSR count). The van der Waals surface area contributed by atoms with E-state index in [0.29, 0.717) is 5.92 Å². The maximum Gasteiger partial charge on any atom is 0.0743 e. The van der Waals surface area contributed by atoms with Crippen LogP contribution in [0.15, 0.2) is 30.3 Å². The minimum Gasteiger partial charge on any atom is -0.391 e. The van der Waals surface area contributed by atoms with Crippen LogP contribution < -0.4 is 4.90 Å². The van der Waals surface area contributed by atoms with Gasteiger partial charge in [-0.2, -0.15) is 0 Å². The summed E-state index contributed by atoms with van der Waals surface area (Å²) in [7, 11) is 2.06. The first-order valence-corrected chi connectivity index (χ1v) is 6.71. The molecule has 1 aliphatic carbocycles. The molecule has 0 radical (unpaired) electrons. The smallest absolute Gasteiger partial charge is 0.0743 e. The molecule has 0 amide bonds. The molecule has 2 nitrogen and oxygen atoms in total. The summed E-state index contributed by atoms with van der Waals surface area (Å²) in [6, 6.07) is 10.3. The Morgan fingerprint density at radius 2 is 1.82 bits per heavy atom. The van der Waals surface area contributed by atoms with Gasteiger partial charge in [-0.15, -0.1) is 0 Å². The van der Waals surface area contributed by atoms with Crippen LogP contribution in [0.25, 0.3) is 0 Å². The van der Waals surface area contributed by atoms with Gasteiger partial charge in [0, 0.05) is 19.3 Å². The molecule has 1 atom stereocenters. The summed E-state index contributed by atoms with van der Waals surface area (Å²) in [5.74, 6) is 0.509. The van der Waals surface area contributed by atoms with E-state index in [-0.39, 0.29) is 6.10 Å². The fourth-order valence-corrected chi connectivity index (χ4v) is 2.74. The number of likely N-dealkylation sites (N-methyl/N-ethyl adjacent to an activating group) is 1. The fraction of sp³-hybridized carbons (Fsp3) is 0.600. The number of hydrogen-bond donors (Lipinski definition) is 1. The summed E-state index contributed by atoms with van der Waals surface area (Å²) < 4.78 is 0. The second-order valence-corrected chi connectivity index (χ2v) is 5.18. The number of para-hydroxylation sites is 1. The second kappa shape index (κ2) is 6.06. The van der Waals surface area contributed by atoms with Crippen LogP contribution in [-0.2, 0) is 0 Å². The van der Waals surface area contributed by atoms with Crippen molar-refractivity contribution in [2.45, 2.75) is 38.2 Å². The lowest BCUT2D eigenvalue weighted by molar-refractivity contribution is 0.0910. The molecule has 0 saturated heterocycles. The molecule has 2 heteroatoms. The number of aliphatic hydroxyl groups excluding tert-OH is 1. The van der Waals surface area contributed by atoms with Gasteiger partial charge in [-0.3, -0.25) is 0 Å². The van der Waals surface area contributed by atoms with Gasteiger partial charge in [-0.05, 0) is 30.9 Å². The van der Waals surface area contributed by atoms with Crippen LogP contribution in [0, 0.1) is 5.92 Å². The standard InChI is InChI=1S/C15H23NO/c1-16(14-10-6-3-7-11-14)12-15(17)13-8-4-2-5-9-13/h3,6-7,10-11,13,15,17H,2,4-5,8-9,12H2,1H3. The van der Waals surface area contributed by atoms with Gasteiger partial charge in [0.05, 0.1) is 6.10 Å². The molecular formula is C15H23NO. The SMILES string of the molecule is CN(CC(O)C1CCCCC1)c1ccccc1. The summed E-state index contributed by atoms with van der Waals surface area (Å²) in [6.45, 7) is 0.745. The lowest BCUT2D eigenvalue weighted by Gasteiger charge is -2.30. The average Bonchev–Trinajstić information content (AvgIpc) is 2.40. The monoisotopic (exact) mass is 233 g/mol. The van der Waals surface area contributed by atoms with E-state index in [4.69, 9.17) is 0 Å². The first-order chi connectivity index (χ1) is 8.27. The highest BCUT2D eigenvalue weighted by Gasteiger charge is 2.22. The quantitative estimate of drug-likeness (QED) is 0.864. The number of anilines is 1. The van der Waals surface area contributed by atoms with Crippen LogP contribution in [0.1, 0.15) is 32.1 Å². The molecule has 1 saturated carbocycles. The molecule has 1 N–H and O–H groups in total. The molecule has 1 unspecified atom stereocenters. The molecule has 1 aliphatic rings. The Labute approximate surface area is 104 Å². The number of benzene rings is 1. The highest BCUT2D eigenvalue weighted by molar-refractivity contribution is 5.45. The average molecular weight is 233 g/mol. The van der Waals surface area contributed by atoms with Crippen molar-refractivity contribution in [1.29, 1.82) is 0 Å². The zero-order valence-corrected chi connectivity index (χ0v) is 10.7. The third kappa shape index (κ3) is 3.47. The van der Waals surface area contributed by atoms with Crippen molar-refractivity contribution in [1.82, 2.24) is 0 Å². The van der Waals surface area contributed by atoms with Crippen molar-refractivity contribution in [3.05, 3.63) is 30.3 Å². The molecule has 94 valence electrons. The first-order valence-electron chi connectivity index (χ1n) is 6.71. The highest BCUT2D eigenvalue weighted by Crippen LogP contribution is 2.27. The molecular weight excluding hydrogens is 210 g/mol. The van der Waals surface area contributed by atoms with E-state index in [1.165, 1.54) is 37.8 Å². The first kappa shape index (κ1) is 12.4. The minimum absolute atomic E-state index is 0.180. The van der Waals surface area contributed by atoms with Crippen molar-refractivity contribution < 1.29 is 5.11 Å². The predicted octanol–water partition coefficient (Wildman–Crippen LogP) is 3.06. The van der Waals surface area contributed by atoms with Gasteiger partial charge >= 0.3 is 0 Å². The number of nitrogens with zero attached hydrogens (tertiary/aromatic N) is 1. The maximum atomic E-state index is 10.3. The summed E-state index contributed by atoms with van der Waals surface area (Å²) in [4.78, 5) is 2.15. The largest absolute Gasteiger partial charge is 0.391 e. The van der Waals surface area contributed by atoms with Crippen molar-refractivity contribution in [3.63, 3.8) is 0 Å². The summed E-state index contributed by atoms with van der Waals surface area (Å²) in [6.07, 6.45) is 6.14. The third-order valence-corrected chi connectivity index (χ3v) is 3.85.